The summed E-state index contributed by atoms with van der Waals surface area (Å²) in [5.74, 6) is 0.896. The van der Waals surface area contributed by atoms with E-state index in [1.165, 1.54) is 6.92 Å². The number of amides is 1. The fraction of sp³-hybridized carbons (Fsp3) is 0.200. The van der Waals surface area contributed by atoms with Crippen LogP contribution in [0.4, 0.5) is 5.69 Å². The lowest BCUT2D eigenvalue weighted by Gasteiger charge is -2.13. The summed E-state index contributed by atoms with van der Waals surface area (Å²) in [5, 5.41) is 3.80. The van der Waals surface area contributed by atoms with Crippen molar-refractivity contribution in [1.29, 1.82) is 0 Å². The third kappa shape index (κ3) is 5.20. The molecule has 3 rings (SSSR count). The van der Waals surface area contributed by atoms with Gasteiger partial charge in [0.25, 0.3) is 0 Å². The highest BCUT2D eigenvalue weighted by atomic mass is 32.2. The molecule has 0 saturated heterocycles. The summed E-state index contributed by atoms with van der Waals surface area (Å²) in [5.41, 5.74) is 2.22. The predicted octanol–water partition coefficient (Wildman–Crippen LogP) is 3.60. The van der Waals surface area contributed by atoms with Crippen LogP contribution in [0.25, 0.3) is 10.9 Å². The number of nitrogens with zero attached hydrogens (tertiary/aromatic N) is 1. The highest BCUT2D eigenvalue weighted by Gasteiger charge is 2.09. The highest BCUT2D eigenvalue weighted by Crippen LogP contribution is 2.25. The Balaban J connectivity index is 1.76. The number of pyridine rings is 1. The number of aromatic nitrogens is 1. The van der Waals surface area contributed by atoms with Crippen LogP contribution in [0.1, 0.15) is 25.5 Å². The van der Waals surface area contributed by atoms with E-state index in [2.05, 4.69) is 15.0 Å². The minimum Gasteiger partial charge on any atom is -0.439 e. The number of hydrogen-bond donors (Lipinski definition) is 2. The second kappa shape index (κ2) is 7.85. The lowest BCUT2D eigenvalue weighted by molar-refractivity contribution is -0.119. The zero-order valence-electron chi connectivity index (χ0n) is 15.8. The summed E-state index contributed by atoms with van der Waals surface area (Å²) < 4.78 is 30.6. The summed E-state index contributed by atoms with van der Waals surface area (Å²) in [6.45, 7) is 3.42. The van der Waals surface area contributed by atoms with E-state index in [0.29, 0.717) is 17.3 Å². The van der Waals surface area contributed by atoms with Crippen LogP contribution in [0, 0.1) is 0 Å². The Bertz CT molecular complexity index is 1110. The molecule has 2 aromatic carbocycles. The lowest BCUT2D eigenvalue weighted by atomic mass is 10.1. The maximum Gasteiger partial charge on any atom is 0.229 e. The van der Waals surface area contributed by atoms with E-state index in [1.54, 1.807) is 30.3 Å². The lowest BCUT2D eigenvalue weighted by Crippen LogP contribution is -2.23. The van der Waals surface area contributed by atoms with Gasteiger partial charge >= 0.3 is 0 Å². The summed E-state index contributed by atoms with van der Waals surface area (Å²) in [6.07, 6.45) is 1.10. The Labute approximate surface area is 163 Å². The van der Waals surface area contributed by atoms with Gasteiger partial charge in [-0.3, -0.25) is 9.52 Å². The molecule has 0 radical (unpaired) electrons. The van der Waals surface area contributed by atoms with Crippen LogP contribution >= 0.6 is 0 Å². The summed E-state index contributed by atoms with van der Waals surface area (Å²) >= 11 is 0. The number of hydrogen-bond acceptors (Lipinski definition) is 5. The van der Waals surface area contributed by atoms with Crippen molar-refractivity contribution in [2.45, 2.75) is 19.9 Å². The molecule has 1 amide bonds. The van der Waals surface area contributed by atoms with Gasteiger partial charge in [0.1, 0.15) is 5.75 Å². The molecule has 2 N–H and O–H groups in total. The first-order valence-electron chi connectivity index (χ1n) is 8.63. The molecule has 3 aromatic rings. The number of fused-ring (bicyclic) bond motifs is 1. The molecule has 8 heteroatoms. The van der Waals surface area contributed by atoms with Crippen LogP contribution in [-0.2, 0) is 14.8 Å². The molecule has 0 aliphatic carbocycles. The summed E-state index contributed by atoms with van der Waals surface area (Å²) in [4.78, 5) is 15.7. The largest absolute Gasteiger partial charge is 0.439 e. The average Bonchev–Trinajstić information content (AvgIpc) is 2.61. The van der Waals surface area contributed by atoms with Crippen LogP contribution in [0.15, 0.2) is 54.6 Å². The van der Waals surface area contributed by atoms with Gasteiger partial charge in [-0.1, -0.05) is 6.07 Å². The Morgan fingerprint density at radius 1 is 1.07 bits per heavy atom. The molecule has 0 aliphatic rings. The van der Waals surface area contributed by atoms with Crippen LogP contribution in [0.2, 0.25) is 0 Å². The number of sulfonamides is 1. The van der Waals surface area contributed by atoms with E-state index >= 15 is 0 Å². The predicted molar refractivity (Wildman–Crippen MR) is 109 cm³/mol. The highest BCUT2D eigenvalue weighted by molar-refractivity contribution is 7.92. The fourth-order valence-corrected chi connectivity index (χ4v) is 3.33. The molecule has 0 saturated carbocycles. The molecular weight excluding hydrogens is 378 g/mol. The van der Waals surface area contributed by atoms with Crippen molar-refractivity contribution in [1.82, 2.24) is 10.3 Å². The summed E-state index contributed by atoms with van der Waals surface area (Å²) in [7, 11) is -3.32. The van der Waals surface area contributed by atoms with Gasteiger partial charge in [0.2, 0.25) is 21.8 Å². The van der Waals surface area contributed by atoms with Crippen molar-refractivity contribution in [3.63, 3.8) is 0 Å². The van der Waals surface area contributed by atoms with Gasteiger partial charge in [0.15, 0.2) is 0 Å². The van der Waals surface area contributed by atoms with Crippen LogP contribution in [0.5, 0.6) is 11.6 Å². The number of carbonyl (C=O) groups excluding carboxylic acids is 1. The molecular formula is C20H21N3O4S. The number of anilines is 1. The molecule has 1 heterocycles. The third-order valence-corrected chi connectivity index (χ3v) is 4.59. The Morgan fingerprint density at radius 3 is 2.43 bits per heavy atom. The molecule has 28 heavy (non-hydrogen) atoms. The number of carbonyl (C=O) groups is 1. The van der Waals surface area contributed by atoms with E-state index in [9.17, 15) is 13.2 Å². The van der Waals surface area contributed by atoms with Crippen molar-refractivity contribution in [3.8, 4) is 11.6 Å². The molecule has 0 spiro atoms. The molecule has 0 bridgehead atoms. The van der Waals surface area contributed by atoms with Crippen molar-refractivity contribution < 1.29 is 17.9 Å². The number of ether oxygens (including phenoxy) is 1. The minimum absolute atomic E-state index is 0.0766. The van der Waals surface area contributed by atoms with E-state index in [1.807, 2.05) is 31.2 Å². The van der Waals surface area contributed by atoms with Crippen molar-refractivity contribution in [2.75, 3.05) is 11.0 Å². The molecule has 1 atom stereocenters. The zero-order valence-corrected chi connectivity index (χ0v) is 16.6. The first-order chi connectivity index (χ1) is 13.2. The first-order valence-corrected chi connectivity index (χ1v) is 10.5. The van der Waals surface area contributed by atoms with E-state index in [4.69, 9.17) is 4.74 Å². The van der Waals surface area contributed by atoms with Gasteiger partial charge in [-0.15, -0.1) is 0 Å². The number of benzene rings is 2. The second-order valence-electron chi connectivity index (χ2n) is 6.52. The number of rotatable bonds is 6. The maximum atomic E-state index is 11.2. The third-order valence-electron chi connectivity index (χ3n) is 3.99. The topological polar surface area (TPSA) is 97.4 Å². The van der Waals surface area contributed by atoms with E-state index < -0.39 is 10.0 Å². The van der Waals surface area contributed by atoms with Gasteiger partial charge in [-0.25, -0.2) is 13.4 Å². The van der Waals surface area contributed by atoms with Gasteiger partial charge in [-0.05, 0) is 55.0 Å². The molecule has 7 nitrogen and oxygen atoms in total. The Morgan fingerprint density at radius 2 is 1.79 bits per heavy atom. The Kier molecular flexibility index (Phi) is 5.51. The minimum atomic E-state index is -3.32. The normalized spacial score (nSPS) is 12.4. The SMILES string of the molecule is CC(=O)NC(C)c1ccc2nc(Oc3ccc(NS(C)(=O)=O)cc3)ccc2c1. The molecule has 1 aromatic heterocycles. The van der Waals surface area contributed by atoms with Gasteiger partial charge in [-0.2, -0.15) is 0 Å². The quantitative estimate of drug-likeness (QED) is 0.660. The van der Waals surface area contributed by atoms with E-state index in [-0.39, 0.29) is 11.9 Å². The molecule has 0 aliphatic heterocycles. The van der Waals surface area contributed by atoms with Crippen molar-refractivity contribution in [2.24, 2.45) is 0 Å². The van der Waals surface area contributed by atoms with Gasteiger partial charge < -0.3 is 10.1 Å². The smallest absolute Gasteiger partial charge is 0.229 e. The Hall–Kier alpha value is -3.13. The standard InChI is InChI=1S/C20H21N3O4S/c1-13(21-14(2)24)15-4-10-19-16(12-15)5-11-20(22-19)27-18-8-6-17(7-9-18)23-28(3,25)26/h4-13,23H,1-3H3,(H,21,24). The van der Waals surface area contributed by atoms with E-state index in [0.717, 1.165) is 22.7 Å². The fourth-order valence-electron chi connectivity index (χ4n) is 2.77. The number of nitrogens with one attached hydrogen (secondary N) is 2. The van der Waals surface area contributed by atoms with Crippen LogP contribution in [-0.4, -0.2) is 25.6 Å². The average molecular weight is 399 g/mol. The summed E-state index contributed by atoms with van der Waals surface area (Å²) in [6, 6.07) is 15.9. The molecule has 146 valence electrons. The molecule has 0 fully saturated rings. The van der Waals surface area contributed by atoms with Crippen molar-refractivity contribution in [3.05, 3.63) is 60.2 Å². The maximum absolute atomic E-state index is 11.2. The monoisotopic (exact) mass is 399 g/mol. The molecule has 1 unspecified atom stereocenters. The van der Waals surface area contributed by atoms with Crippen LogP contribution in [0.3, 0.4) is 0 Å². The second-order valence-corrected chi connectivity index (χ2v) is 8.27. The van der Waals surface area contributed by atoms with Crippen LogP contribution < -0.4 is 14.8 Å². The van der Waals surface area contributed by atoms with Crippen molar-refractivity contribution >= 4 is 32.5 Å². The first kappa shape index (κ1) is 19.6. The zero-order chi connectivity index (χ0) is 20.3. The van der Waals surface area contributed by atoms with Gasteiger partial charge in [0, 0.05) is 24.1 Å². The van der Waals surface area contributed by atoms with Gasteiger partial charge in [0.05, 0.1) is 17.8 Å².